The maximum absolute atomic E-state index is 12.7. The van der Waals surface area contributed by atoms with Crippen LogP contribution in [0.3, 0.4) is 0 Å². The van der Waals surface area contributed by atoms with E-state index < -0.39 is 5.97 Å². The monoisotopic (exact) mass is 425 g/mol. The molecule has 9 heteroatoms. The molecule has 1 amide bonds. The number of carboxylic acid groups (broad SMARTS) is 1. The topological polar surface area (TPSA) is 85.3 Å². The summed E-state index contributed by atoms with van der Waals surface area (Å²) in [4.78, 5) is 25.3. The fourth-order valence-corrected chi connectivity index (χ4v) is 4.06. The van der Waals surface area contributed by atoms with E-state index in [4.69, 9.17) is 31.5 Å². The number of ether oxygens (including phenoxy) is 3. The molecule has 2 rings (SSSR count). The zero-order chi connectivity index (χ0) is 20.7. The van der Waals surface area contributed by atoms with Crippen LogP contribution in [0.1, 0.15) is 31.2 Å². The lowest BCUT2D eigenvalue weighted by Crippen LogP contribution is -2.29. The van der Waals surface area contributed by atoms with Gasteiger partial charge in [0.15, 0.2) is 11.5 Å². The Kier molecular flexibility index (Phi) is 8.13. The lowest BCUT2D eigenvalue weighted by molar-refractivity contribution is -0.137. The van der Waals surface area contributed by atoms with Gasteiger partial charge in [0.25, 0.3) is 5.91 Å². The molecule has 0 radical (unpaired) electrons. The predicted molar refractivity (Wildman–Crippen MR) is 112 cm³/mol. The van der Waals surface area contributed by atoms with Gasteiger partial charge in [0.1, 0.15) is 4.32 Å². The third-order valence-electron chi connectivity index (χ3n) is 4.13. The number of methoxy groups -OCH3 is 3. The minimum Gasteiger partial charge on any atom is -0.493 e. The molecule has 0 aromatic heterocycles. The molecular formula is C19H23NO6S2. The molecule has 0 atom stereocenters. The zero-order valence-electron chi connectivity index (χ0n) is 16.0. The Balaban J connectivity index is 2.11. The second-order valence-corrected chi connectivity index (χ2v) is 7.67. The van der Waals surface area contributed by atoms with E-state index in [2.05, 4.69) is 0 Å². The number of hydrogen-bond donors (Lipinski definition) is 1. The molecule has 0 bridgehead atoms. The standard InChI is InChI=1S/C19H23NO6S2/c1-24-13-9-12(10-14(25-2)17(13)26-3)11-15-18(23)20(19(27)28-15)8-6-4-5-7-16(21)22/h9-11H,4-8H2,1-3H3,(H,21,22). The van der Waals surface area contributed by atoms with Crippen LogP contribution in [0.25, 0.3) is 6.08 Å². The molecule has 1 N–H and O–H groups in total. The lowest BCUT2D eigenvalue weighted by atomic mass is 10.1. The largest absolute Gasteiger partial charge is 0.493 e. The summed E-state index contributed by atoms with van der Waals surface area (Å²) in [6, 6.07) is 3.53. The Labute approximate surface area is 173 Å². The molecule has 1 aromatic rings. The van der Waals surface area contributed by atoms with Crippen LogP contribution < -0.4 is 14.2 Å². The van der Waals surface area contributed by atoms with Crippen LogP contribution in [0.4, 0.5) is 0 Å². The van der Waals surface area contributed by atoms with E-state index in [-0.39, 0.29) is 12.3 Å². The summed E-state index contributed by atoms with van der Waals surface area (Å²) in [6.45, 7) is 0.483. The molecule has 1 aromatic carbocycles. The molecular weight excluding hydrogens is 402 g/mol. The first-order valence-corrected chi connectivity index (χ1v) is 9.91. The van der Waals surface area contributed by atoms with Crippen LogP contribution in [0.15, 0.2) is 17.0 Å². The number of aliphatic carboxylic acids is 1. The van der Waals surface area contributed by atoms with Crippen molar-refractivity contribution in [3.8, 4) is 17.2 Å². The molecule has 0 unspecified atom stereocenters. The van der Waals surface area contributed by atoms with Gasteiger partial charge in [-0.25, -0.2) is 0 Å². The van der Waals surface area contributed by atoms with Gasteiger partial charge in [0.05, 0.1) is 26.2 Å². The van der Waals surface area contributed by atoms with E-state index in [1.54, 1.807) is 23.1 Å². The second kappa shape index (κ2) is 10.3. The fraction of sp³-hybridized carbons (Fsp3) is 0.421. The van der Waals surface area contributed by atoms with Gasteiger partial charge in [-0.3, -0.25) is 14.5 Å². The van der Waals surface area contributed by atoms with Crippen molar-refractivity contribution in [3.63, 3.8) is 0 Å². The van der Waals surface area contributed by atoms with Crippen LogP contribution in [0.5, 0.6) is 17.2 Å². The van der Waals surface area contributed by atoms with Crippen LogP contribution in [0.2, 0.25) is 0 Å². The second-order valence-electron chi connectivity index (χ2n) is 6.00. The third kappa shape index (κ3) is 5.39. The summed E-state index contributed by atoms with van der Waals surface area (Å²) in [6.07, 6.45) is 3.91. The Morgan fingerprint density at radius 1 is 1.14 bits per heavy atom. The highest BCUT2D eigenvalue weighted by molar-refractivity contribution is 8.26. The van der Waals surface area contributed by atoms with E-state index in [1.165, 1.54) is 33.1 Å². The number of amides is 1. The molecule has 1 heterocycles. The summed E-state index contributed by atoms with van der Waals surface area (Å²) in [5.74, 6) is 0.529. The highest BCUT2D eigenvalue weighted by Gasteiger charge is 2.31. The van der Waals surface area contributed by atoms with E-state index in [0.29, 0.717) is 45.9 Å². The quantitative estimate of drug-likeness (QED) is 0.346. The third-order valence-corrected chi connectivity index (χ3v) is 5.51. The SMILES string of the molecule is COc1cc(C=C2SC(=S)N(CCCCCC(=O)O)C2=O)cc(OC)c1OC. The van der Waals surface area contributed by atoms with Crippen molar-refractivity contribution in [2.75, 3.05) is 27.9 Å². The van der Waals surface area contributed by atoms with Gasteiger partial charge in [0.2, 0.25) is 5.75 Å². The van der Waals surface area contributed by atoms with E-state index in [9.17, 15) is 9.59 Å². The number of benzene rings is 1. The molecule has 0 aliphatic carbocycles. The minimum absolute atomic E-state index is 0.138. The van der Waals surface area contributed by atoms with Crippen molar-refractivity contribution in [1.82, 2.24) is 4.90 Å². The Morgan fingerprint density at radius 3 is 2.32 bits per heavy atom. The van der Waals surface area contributed by atoms with Crippen LogP contribution >= 0.6 is 24.0 Å². The Hall–Kier alpha value is -2.26. The molecule has 1 saturated heterocycles. The summed E-state index contributed by atoms with van der Waals surface area (Å²) in [5, 5.41) is 8.67. The molecule has 0 spiro atoms. The van der Waals surface area contributed by atoms with Crippen molar-refractivity contribution in [2.45, 2.75) is 25.7 Å². The summed E-state index contributed by atoms with van der Waals surface area (Å²) >= 11 is 6.58. The molecule has 1 aliphatic heterocycles. The normalized spacial score (nSPS) is 15.2. The van der Waals surface area contributed by atoms with Gasteiger partial charge in [-0.1, -0.05) is 30.4 Å². The number of hydrogen-bond acceptors (Lipinski definition) is 7. The van der Waals surface area contributed by atoms with Gasteiger partial charge >= 0.3 is 5.97 Å². The number of carboxylic acids is 1. The van der Waals surface area contributed by atoms with E-state index >= 15 is 0 Å². The first-order chi connectivity index (χ1) is 13.4. The summed E-state index contributed by atoms with van der Waals surface area (Å²) in [7, 11) is 4.59. The Morgan fingerprint density at radius 2 is 1.79 bits per heavy atom. The van der Waals surface area contributed by atoms with Crippen molar-refractivity contribution in [2.24, 2.45) is 0 Å². The number of carbonyl (C=O) groups is 2. The average Bonchev–Trinajstić information content (AvgIpc) is 2.93. The average molecular weight is 426 g/mol. The number of carbonyl (C=O) groups excluding carboxylic acids is 1. The molecule has 1 fully saturated rings. The van der Waals surface area contributed by atoms with E-state index in [0.717, 1.165) is 12.0 Å². The first kappa shape index (κ1) is 22.0. The van der Waals surface area contributed by atoms with Crippen molar-refractivity contribution >= 4 is 46.3 Å². The summed E-state index contributed by atoms with van der Waals surface area (Å²) in [5.41, 5.74) is 0.733. The van der Waals surface area contributed by atoms with Crippen LogP contribution in [-0.2, 0) is 9.59 Å². The van der Waals surface area contributed by atoms with Crippen molar-refractivity contribution in [3.05, 3.63) is 22.6 Å². The van der Waals surface area contributed by atoms with Gasteiger partial charge < -0.3 is 19.3 Å². The maximum atomic E-state index is 12.7. The van der Waals surface area contributed by atoms with Gasteiger partial charge in [-0.2, -0.15) is 0 Å². The summed E-state index contributed by atoms with van der Waals surface area (Å²) < 4.78 is 16.5. The predicted octanol–water partition coefficient (Wildman–Crippen LogP) is 3.56. The molecule has 28 heavy (non-hydrogen) atoms. The first-order valence-electron chi connectivity index (χ1n) is 8.68. The Bertz CT molecular complexity index is 768. The molecule has 1 aliphatic rings. The van der Waals surface area contributed by atoms with Gasteiger partial charge in [-0.05, 0) is 36.6 Å². The van der Waals surface area contributed by atoms with Crippen LogP contribution in [0, 0.1) is 0 Å². The van der Waals surface area contributed by atoms with E-state index in [1.807, 2.05) is 0 Å². The highest BCUT2D eigenvalue weighted by atomic mass is 32.2. The fourth-order valence-electron chi connectivity index (χ4n) is 2.75. The van der Waals surface area contributed by atoms with Crippen molar-refractivity contribution < 1.29 is 28.9 Å². The minimum atomic E-state index is -0.807. The van der Waals surface area contributed by atoms with Crippen molar-refractivity contribution in [1.29, 1.82) is 0 Å². The number of rotatable bonds is 10. The highest BCUT2D eigenvalue weighted by Crippen LogP contribution is 2.40. The van der Waals surface area contributed by atoms with Gasteiger partial charge in [0, 0.05) is 13.0 Å². The van der Waals surface area contributed by atoms with Crippen LogP contribution in [-0.4, -0.2) is 54.1 Å². The number of thioether (sulfide) groups is 1. The lowest BCUT2D eigenvalue weighted by Gasteiger charge is -2.14. The maximum Gasteiger partial charge on any atom is 0.303 e. The number of nitrogens with zero attached hydrogens (tertiary/aromatic N) is 1. The molecule has 152 valence electrons. The smallest absolute Gasteiger partial charge is 0.303 e. The molecule has 7 nitrogen and oxygen atoms in total. The molecule has 0 saturated carbocycles. The van der Waals surface area contributed by atoms with Gasteiger partial charge in [-0.15, -0.1) is 0 Å². The number of thiocarbonyl (C=S) groups is 1. The zero-order valence-corrected chi connectivity index (χ0v) is 17.7. The number of unbranched alkanes of at least 4 members (excludes halogenated alkanes) is 2.